The third-order valence-electron chi connectivity index (χ3n) is 2.34. The maximum absolute atomic E-state index is 3.98. The van der Waals surface area contributed by atoms with Crippen molar-refractivity contribution in [2.24, 2.45) is 0 Å². The number of aromatic nitrogens is 4. The molecule has 4 nitrogen and oxygen atoms in total. The fourth-order valence-corrected chi connectivity index (χ4v) is 1.65. The van der Waals surface area contributed by atoms with Crippen molar-refractivity contribution in [2.45, 2.75) is 6.92 Å². The van der Waals surface area contributed by atoms with Crippen molar-refractivity contribution in [3.05, 3.63) is 36.0 Å². The van der Waals surface area contributed by atoms with Crippen LogP contribution in [0.4, 0.5) is 0 Å². The number of aryl methyl sites for hydroxylation is 1. The van der Waals surface area contributed by atoms with Crippen LogP contribution in [-0.4, -0.2) is 20.0 Å². The number of nitrogens with zero attached hydrogens (tertiary/aromatic N) is 4. The van der Waals surface area contributed by atoms with E-state index in [4.69, 9.17) is 0 Å². The molecular formula is C10H8N4. The lowest BCUT2D eigenvalue weighted by molar-refractivity contribution is 0.824. The maximum atomic E-state index is 3.98. The van der Waals surface area contributed by atoms with Crippen LogP contribution in [0, 0.1) is 6.92 Å². The van der Waals surface area contributed by atoms with Crippen LogP contribution in [0.3, 0.4) is 0 Å². The Morgan fingerprint density at radius 3 is 3.07 bits per heavy atom. The third-order valence-corrected chi connectivity index (χ3v) is 2.34. The van der Waals surface area contributed by atoms with E-state index in [1.165, 1.54) is 10.9 Å². The van der Waals surface area contributed by atoms with E-state index in [-0.39, 0.29) is 0 Å². The van der Waals surface area contributed by atoms with Crippen LogP contribution in [0.2, 0.25) is 0 Å². The van der Waals surface area contributed by atoms with Gasteiger partial charge >= 0.3 is 0 Å². The zero-order valence-electron chi connectivity index (χ0n) is 7.68. The molecule has 0 saturated carbocycles. The topological polar surface area (TPSA) is 43.1 Å². The molecule has 0 aliphatic rings. The summed E-state index contributed by atoms with van der Waals surface area (Å²) in [5, 5.41) is 13.7. The molecule has 0 radical (unpaired) electrons. The molecule has 3 aromatic rings. The van der Waals surface area contributed by atoms with Crippen molar-refractivity contribution in [3.8, 4) is 0 Å². The highest BCUT2D eigenvalue weighted by Crippen LogP contribution is 2.18. The van der Waals surface area contributed by atoms with Gasteiger partial charge in [0.2, 0.25) is 0 Å². The minimum absolute atomic E-state index is 0.808. The van der Waals surface area contributed by atoms with Gasteiger partial charge in [-0.1, -0.05) is 23.8 Å². The molecule has 0 amide bonds. The first-order valence-corrected chi connectivity index (χ1v) is 4.42. The molecule has 0 aliphatic carbocycles. The summed E-state index contributed by atoms with van der Waals surface area (Å²) in [4.78, 5) is 0. The Hall–Kier alpha value is -1.97. The maximum Gasteiger partial charge on any atom is 0.186 e. The van der Waals surface area contributed by atoms with E-state index in [0.717, 1.165) is 11.0 Å². The van der Waals surface area contributed by atoms with E-state index in [2.05, 4.69) is 40.6 Å². The summed E-state index contributed by atoms with van der Waals surface area (Å²) in [7, 11) is 0. The van der Waals surface area contributed by atoms with E-state index in [1.54, 1.807) is 4.52 Å². The molecule has 2 aromatic heterocycles. The van der Waals surface area contributed by atoms with E-state index >= 15 is 0 Å². The summed E-state index contributed by atoms with van der Waals surface area (Å²) in [5.74, 6) is 0. The molecule has 0 N–H and O–H groups in total. The Balaban J connectivity index is 2.57. The molecule has 68 valence electrons. The van der Waals surface area contributed by atoms with Gasteiger partial charge in [-0.05, 0) is 28.8 Å². The molecule has 2 heterocycles. The second-order valence-corrected chi connectivity index (χ2v) is 3.35. The van der Waals surface area contributed by atoms with Crippen molar-refractivity contribution in [2.75, 3.05) is 0 Å². The number of hydrogen-bond acceptors (Lipinski definition) is 3. The van der Waals surface area contributed by atoms with Crippen LogP contribution in [0.25, 0.3) is 16.4 Å². The largest absolute Gasteiger partial charge is 0.200 e. The predicted octanol–water partition coefficient (Wildman–Crippen LogP) is 1.59. The van der Waals surface area contributed by atoms with Crippen LogP contribution < -0.4 is 0 Å². The Bertz CT molecular complexity index is 612. The number of rotatable bonds is 0. The van der Waals surface area contributed by atoms with Gasteiger partial charge in [-0.25, -0.2) is 4.52 Å². The van der Waals surface area contributed by atoms with Crippen LogP contribution in [0.15, 0.2) is 30.5 Å². The van der Waals surface area contributed by atoms with Gasteiger partial charge in [-0.3, -0.25) is 0 Å². The van der Waals surface area contributed by atoms with Gasteiger partial charge < -0.3 is 0 Å². The lowest BCUT2D eigenvalue weighted by Gasteiger charge is -1.99. The average molecular weight is 184 g/mol. The van der Waals surface area contributed by atoms with Crippen molar-refractivity contribution in [1.82, 2.24) is 20.0 Å². The van der Waals surface area contributed by atoms with Crippen molar-refractivity contribution in [1.29, 1.82) is 0 Å². The minimum Gasteiger partial charge on any atom is -0.200 e. The van der Waals surface area contributed by atoms with Gasteiger partial charge in [0.05, 0.1) is 0 Å². The monoisotopic (exact) mass is 184 g/mol. The highest BCUT2D eigenvalue weighted by molar-refractivity contribution is 5.93. The molecule has 0 bridgehead atoms. The van der Waals surface area contributed by atoms with Gasteiger partial charge in [-0.2, -0.15) is 0 Å². The molecule has 0 atom stereocenters. The molecule has 1 aromatic carbocycles. The van der Waals surface area contributed by atoms with Gasteiger partial charge in [0, 0.05) is 11.6 Å². The Morgan fingerprint density at radius 2 is 2.14 bits per heavy atom. The SMILES string of the molecule is Cc1ccc2c(ccn3nnnc23)c1. The van der Waals surface area contributed by atoms with Gasteiger partial charge in [0.1, 0.15) is 0 Å². The molecular weight excluding hydrogens is 176 g/mol. The molecule has 0 aliphatic heterocycles. The first-order chi connectivity index (χ1) is 6.84. The highest BCUT2D eigenvalue weighted by Gasteiger charge is 2.02. The predicted molar refractivity (Wildman–Crippen MR) is 53.0 cm³/mol. The lowest BCUT2D eigenvalue weighted by Crippen LogP contribution is -1.87. The molecule has 0 saturated heterocycles. The van der Waals surface area contributed by atoms with Crippen LogP contribution in [0.5, 0.6) is 0 Å². The summed E-state index contributed by atoms with van der Waals surface area (Å²) in [5.41, 5.74) is 2.05. The van der Waals surface area contributed by atoms with Crippen LogP contribution >= 0.6 is 0 Å². The van der Waals surface area contributed by atoms with Crippen molar-refractivity contribution < 1.29 is 0 Å². The molecule has 0 spiro atoms. The normalized spacial score (nSPS) is 11.2. The molecule has 3 rings (SSSR count). The molecule has 14 heavy (non-hydrogen) atoms. The molecule has 0 fully saturated rings. The standard InChI is InChI=1S/C10H8N4/c1-7-2-3-9-8(6-7)4-5-14-10(9)11-12-13-14/h2-6H,1H3. The fraction of sp³-hybridized carbons (Fsp3) is 0.100. The number of pyridine rings is 1. The Kier molecular flexibility index (Phi) is 1.33. The number of benzene rings is 1. The van der Waals surface area contributed by atoms with Crippen LogP contribution in [-0.2, 0) is 0 Å². The van der Waals surface area contributed by atoms with Crippen LogP contribution in [0.1, 0.15) is 5.56 Å². The van der Waals surface area contributed by atoms with Gasteiger partial charge in [0.15, 0.2) is 5.65 Å². The highest BCUT2D eigenvalue weighted by atomic mass is 15.5. The number of hydrogen-bond donors (Lipinski definition) is 0. The first kappa shape index (κ1) is 7.44. The van der Waals surface area contributed by atoms with E-state index in [9.17, 15) is 0 Å². The summed E-state index contributed by atoms with van der Waals surface area (Å²) in [6.45, 7) is 2.08. The fourth-order valence-electron chi connectivity index (χ4n) is 1.65. The summed E-state index contributed by atoms with van der Waals surface area (Å²) >= 11 is 0. The quantitative estimate of drug-likeness (QED) is 0.532. The summed E-state index contributed by atoms with van der Waals surface area (Å²) < 4.78 is 1.68. The first-order valence-electron chi connectivity index (χ1n) is 4.42. The number of tetrazole rings is 1. The summed E-state index contributed by atoms with van der Waals surface area (Å²) in [6, 6.07) is 8.27. The average Bonchev–Trinajstić information content (AvgIpc) is 2.65. The lowest BCUT2D eigenvalue weighted by atomic mass is 10.1. The second kappa shape index (κ2) is 2.51. The van der Waals surface area contributed by atoms with Crippen molar-refractivity contribution in [3.63, 3.8) is 0 Å². The smallest absolute Gasteiger partial charge is 0.186 e. The van der Waals surface area contributed by atoms with E-state index < -0.39 is 0 Å². The molecule has 4 heteroatoms. The zero-order valence-corrected chi connectivity index (χ0v) is 7.68. The van der Waals surface area contributed by atoms with Gasteiger partial charge in [-0.15, -0.1) is 5.10 Å². The van der Waals surface area contributed by atoms with Crippen molar-refractivity contribution >= 4 is 16.4 Å². The second-order valence-electron chi connectivity index (χ2n) is 3.35. The summed E-state index contributed by atoms with van der Waals surface area (Å²) in [6.07, 6.45) is 1.87. The third kappa shape index (κ3) is 0.907. The van der Waals surface area contributed by atoms with E-state index in [1.807, 2.05) is 12.3 Å². The Labute approximate surface area is 80.2 Å². The number of fused-ring (bicyclic) bond motifs is 3. The van der Waals surface area contributed by atoms with Gasteiger partial charge in [0.25, 0.3) is 0 Å². The van der Waals surface area contributed by atoms with E-state index in [0.29, 0.717) is 0 Å². The minimum atomic E-state index is 0.808. The molecule has 0 unspecified atom stereocenters. The zero-order chi connectivity index (χ0) is 9.54. The Morgan fingerprint density at radius 1 is 1.21 bits per heavy atom.